The first kappa shape index (κ1) is 16.1. The normalized spacial score (nSPS) is 10.9. The van der Waals surface area contributed by atoms with Gasteiger partial charge in [0.05, 0.1) is 0 Å². The van der Waals surface area contributed by atoms with Crippen LogP contribution in [-0.4, -0.2) is 13.2 Å². The number of halogens is 1. The first-order valence-corrected chi connectivity index (χ1v) is 8.12. The van der Waals surface area contributed by atoms with Gasteiger partial charge < -0.3 is 10.1 Å². The predicted molar refractivity (Wildman–Crippen MR) is 91.9 cm³/mol. The van der Waals surface area contributed by atoms with Crippen molar-refractivity contribution in [2.75, 3.05) is 13.2 Å². The topological polar surface area (TPSA) is 21.3 Å². The average Bonchev–Trinajstić information content (AvgIpc) is 2.47. The van der Waals surface area contributed by atoms with Crippen molar-refractivity contribution in [3.8, 4) is 5.75 Å². The van der Waals surface area contributed by atoms with E-state index in [0.29, 0.717) is 12.5 Å². The van der Waals surface area contributed by atoms with E-state index in [4.69, 9.17) is 4.74 Å². The average molecular weight is 348 g/mol. The molecule has 0 heterocycles. The molecule has 0 atom stereocenters. The smallest absolute Gasteiger partial charge is 0.120 e. The molecule has 0 fully saturated rings. The van der Waals surface area contributed by atoms with Crippen LogP contribution in [0.2, 0.25) is 0 Å². The lowest BCUT2D eigenvalue weighted by atomic mass is 10.0. The first-order chi connectivity index (χ1) is 10.1. The molecular formula is C18H22BrNO. The minimum absolute atomic E-state index is 0.589. The molecule has 2 nitrogen and oxygen atoms in total. The fraction of sp³-hybridized carbons (Fsp3) is 0.333. The van der Waals surface area contributed by atoms with Gasteiger partial charge in [0, 0.05) is 17.6 Å². The summed E-state index contributed by atoms with van der Waals surface area (Å²) in [5, 5.41) is 3.40. The zero-order valence-corrected chi connectivity index (χ0v) is 14.2. The third-order valence-corrected chi connectivity index (χ3v) is 3.81. The molecule has 112 valence electrons. The summed E-state index contributed by atoms with van der Waals surface area (Å²) in [6, 6.07) is 16.7. The molecule has 0 saturated heterocycles. The second kappa shape index (κ2) is 8.20. The molecule has 1 N–H and O–H groups in total. The molecule has 2 rings (SSSR count). The van der Waals surface area contributed by atoms with E-state index in [1.165, 1.54) is 11.1 Å². The highest BCUT2D eigenvalue weighted by atomic mass is 79.9. The number of nitrogens with one attached hydrogen (secondary N) is 1. The third-order valence-electron chi connectivity index (χ3n) is 3.32. The standard InChI is InChI=1S/C18H22BrNO/c1-14(2)16-8-6-15(7-9-16)13-20-10-11-21-18-5-3-4-17(19)12-18/h3-9,12,14,20H,10-11,13H2,1-2H3. The minimum atomic E-state index is 0.589. The van der Waals surface area contributed by atoms with Crippen LogP contribution in [0.1, 0.15) is 30.9 Å². The Balaban J connectivity index is 1.67. The van der Waals surface area contributed by atoms with Gasteiger partial charge in [0.15, 0.2) is 0 Å². The van der Waals surface area contributed by atoms with Crippen molar-refractivity contribution in [3.05, 3.63) is 64.1 Å². The Bertz CT molecular complexity index is 551. The molecule has 0 aliphatic carbocycles. The second-order valence-corrected chi connectivity index (χ2v) is 6.29. The summed E-state index contributed by atoms with van der Waals surface area (Å²) in [5.74, 6) is 1.48. The summed E-state index contributed by atoms with van der Waals surface area (Å²) in [6.45, 7) is 6.80. The fourth-order valence-corrected chi connectivity index (χ4v) is 2.43. The molecule has 3 heteroatoms. The molecule has 0 spiro atoms. The maximum atomic E-state index is 5.68. The summed E-state index contributed by atoms with van der Waals surface area (Å²) in [4.78, 5) is 0. The van der Waals surface area contributed by atoms with Gasteiger partial charge in [0.1, 0.15) is 12.4 Å². The van der Waals surface area contributed by atoms with Crippen molar-refractivity contribution in [1.29, 1.82) is 0 Å². The molecule has 0 aromatic heterocycles. The van der Waals surface area contributed by atoms with Gasteiger partial charge in [0.2, 0.25) is 0 Å². The zero-order chi connectivity index (χ0) is 15.1. The van der Waals surface area contributed by atoms with E-state index in [9.17, 15) is 0 Å². The Morgan fingerprint density at radius 2 is 1.86 bits per heavy atom. The van der Waals surface area contributed by atoms with Gasteiger partial charge in [-0.1, -0.05) is 60.1 Å². The van der Waals surface area contributed by atoms with Gasteiger partial charge in [-0.15, -0.1) is 0 Å². The van der Waals surface area contributed by atoms with Gasteiger partial charge in [-0.05, 0) is 35.2 Å². The van der Waals surface area contributed by atoms with E-state index in [1.54, 1.807) is 0 Å². The number of benzene rings is 2. The maximum absolute atomic E-state index is 5.68. The van der Waals surface area contributed by atoms with Crippen LogP contribution in [0, 0.1) is 0 Å². The number of ether oxygens (including phenoxy) is 1. The van der Waals surface area contributed by atoms with E-state index in [2.05, 4.69) is 59.4 Å². The van der Waals surface area contributed by atoms with Crippen LogP contribution >= 0.6 is 15.9 Å². The van der Waals surface area contributed by atoms with Crippen LogP contribution in [-0.2, 0) is 6.54 Å². The monoisotopic (exact) mass is 347 g/mol. The van der Waals surface area contributed by atoms with Gasteiger partial charge in [-0.3, -0.25) is 0 Å². The Morgan fingerprint density at radius 3 is 2.52 bits per heavy atom. The summed E-state index contributed by atoms with van der Waals surface area (Å²) >= 11 is 3.44. The molecule has 0 aliphatic heterocycles. The Kier molecular flexibility index (Phi) is 6.27. The van der Waals surface area contributed by atoms with Crippen molar-refractivity contribution < 1.29 is 4.74 Å². The van der Waals surface area contributed by atoms with E-state index >= 15 is 0 Å². The SMILES string of the molecule is CC(C)c1ccc(CNCCOc2cccc(Br)c2)cc1. The minimum Gasteiger partial charge on any atom is -0.492 e. The molecular weight excluding hydrogens is 326 g/mol. The molecule has 21 heavy (non-hydrogen) atoms. The van der Waals surface area contributed by atoms with Crippen LogP contribution in [0.4, 0.5) is 0 Å². The van der Waals surface area contributed by atoms with E-state index < -0.39 is 0 Å². The first-order valence-electron chi connectivity index (χ1n) is 7.33. The van der Waals surface area contributed by atoms with Gasteiger partial charge in [-0.25, -0.2) is 0 Å². The van der Waals surface area contributed by atoms with Gasteiger partial charge >= 0.3 is 0 Å². The molecule has 0 unspecified atom stereocenters. The summed E-state index contributed by atoms with van der Waals surface area (Å²) in [7, 11) is 0. The molecule has 2 aromatic carbocycles. The fourth-order valence-electron chi connectivity index (χ4n) is 2.05. The molecule has 2 aromatic rings. The van der Waals surface area contributed by atoms with Crippen molar-refractivity contribution in [3.63, 3.8) is 0 Å². The van der Waals surface area contributed by atoms with Crippen LogP contribution in [0.3, 0.4) is 0 Å². The van der Waals surface area contributed by atoms with Crippen molar-refractivity contribution >= 4 is 15.9 Å². The third kappa shape index (κ3) is 5.52. The molecule has 0 saturated carbocycles. The largest absolute Gasteiger partial charge is 0.492 e. The number of hydrogen-bond acceptors (Lipinski definition) is 2. The van der Waals surface area contributed by atoms with Crippen molar-refractivity contribution in [2.45, 2.75) is 26.3 Å². The van der Waals surface area contributed by atoms with Gasteiger partial charge in [-0.2, -0.15) is 0 Å². The summed E-state index contributed by atoms with van der Waals surface area (Å²) < 4.78 is 6.72. The Labute approximate surface area is 135 Å². The lowest BCUT2D eigenvalue weighted by Crippen LogP contribution is -2.20. The van der Waals surface area contributed by atoms with E-state index in [1.807, 2.05) is 24.3 Å². The molecule has 0 radical (unpaired) electrons. The predicted octanol–water partition coefficient (Wildman–Crippen LogP) is 4.74. The lowest BCUT2D eigenvalue weighted by Gasteiger charge is -2.09. The number of hydrogen-bond donors (Lipinski definition) is 1. The summed E-state index contributed by atoms with van der Waals surface area (Å²) in [6.07, 6.45) is 0. The van der Waals surface area contributed by atoms with Crippen LogP contribution in [0.15, 0.2) is 53.0 Å². The zero-order valence-electron chi connectivity index (χ0n) is 12.6. The maximum Gasteiger partial charge on any atom is 0.120 e. The molecule has 0 bridgehead atoms. The quantitative estimate of drug-likeness (QED) is 0.730. The van der Waals surface area contributed by atoms with Crippen molar-refractivity contribution in [1.82, 2.24) is 5.32 Å². The Morgan fingerprint density at radius 1 is 1.10 bits per heavy atom. The number of rotatable bonds is 7. The van der Waals surface area contributed by atoms with Crippen LogP contribution < -0.4 is 10.1 Å². The lowest BCUT2D eigenvalue weighted by molar-refractivity contribution is 0.313. The van der Waals surface area contributed by atoms with Crippen LogP contribution in [0.5, 0.6) is 5.75 Å². The highest BCUT2D eigenvalue weighted by Crippen LogP contribution is 2.17. The van der Waals surface area contributed by atoms with Crippen molar-refractivity contribution in [2.24, 2.45) is 0 Å². The highest BCUT2D eigenvalue weighted by Gasteiger charge is 1.99. The second-order valence-electron chi connectivity index (χ2n) is 5.38. The highest BCUT2D eigenvalue weighted by molar-refractivity contribution is 9.10. The Hall–Kier alpha value is -1.32. The van der Waals surface area contributed by atoms with Gasteiger partial charge in [0.25, 0.3) is 0 Å². The molecule has 0 aliphatic rings. The molecule has 0 amide bonds. The van der Waals surface area contributed by atoms with Crippen LogP contribution in [0.25, 0.3) is 0 Å². The van der Waals surface area contributed by atoms with E-state index in [-0.39, 0.29) is 0 Å². The summed E-state index contributed by atoms with van der Waals surface area (Å²) in [5.41, 5.74) is 2.69. The van der Waals surface area contributed by atoms with E-state index in [0.717, 1.165) is 23.3 Å².